The molecule has 1 N–H and O–H groups in total. The quantitative estimate of drug-likeness (QED) is 0.839. The van der Waals surface area contributed by atoms with Crippen molar-refractivity contribution in [3.63, 3.8) is 0 Å². The van der Waals surface area contributed by atoms with Gasteiger partial charge in [0.25, 0.3) is 0 Å². The van der Waals surface area contributed by atoms with Crippen molar-refractivity contribution < 1.29 is 4.42 Å². The average molecular weight is 221 g/mol. The molecule has 1 unspecified atom stereocenters. The van der Waals surface area contributed by atoms with Crippen molar-refractivity contribution in [2.24, 2.45) is 11.8 Å². The predicted octanol–water partition coefficient (Wildman–Crippen LogP) is 3.67. The van der Waals surface area contributed by atoms with Crippen LogP contribution in [0.5, 0.6) is 0 Å². The predicted molar refractivity (Wildman–Crippen MR) is 66.3 cm³/mol. The van der Waals surface area contributed by atoms with Crippen LogP contribution in [0.3, 0.4) is 0 Å². The van der Waals surface area contributed by atoms with E-state index in [0.29, 0.717) is 12.1 Å². The highest BCUT2D eigenvalue weighted by Gasteiger charge is 2.32. The molecule has 1 aromatic rings. The number of hydrogen-bond donors (Lipinski definition) is 1. The van der Waals surface area contributed by atoms with Gasteiger partial charge in [-0.2, -0.15) is 0 Å². The number of furan rings is 1. The summed E-state index contributed by atoms with van der Waals surface area (Å²) in [6.07, 6.45) is 2.64. The van der Waals surface area contributed by atoms with Crippen molar-refractivity contribution in [3.8, 4) is 0 Å². The van der Waals surface area contributed by atoms with Gasteiger partial charge in [0.15, 0.2) is 0 Å². The smallest absolute Gasteiger partial charge is 0.120 e. The Morgan fingerprint density at radius 2 is 1.94 bits per heavy atom. The van der Waals surface area contributed by atoms with E-state index in [9.17, 15) is 0 Å². The van der Waals surface area contributed by atoms with Crippen molar-refractivity contribution in [2.45, 2.75) is 52.6 Å². The summed E-state index contributed by atoms with van der Waals surface area (Å²) in [5, 5.41) is 3.64. The molecule has 1 heterocycles. The molecule has 2 heteroatoms. The van der Waals surface area contributed by atoms with Crippen LogP contribution in [0.2, 0.25) is 0 Å². The second-order valence-electron chi connectivity index (χ2n) is 5.51. The van der Waals surface area contributed by atoms with Gasteiger partial charge in [-0.3, -0.25) is 0 Å². The zero-order valence-electron chi connectivity index (χ0n) is 10.8. The first kappa shape index (κ1) is 11.7. The summed E-state index contributed by atoms with van der Waals surface area (Å²) < 4.78 is 5.63. The van der Waals surface area contributed by atoms with Crippen molar-refractivity contribution in [2.75, 3.05) is 0 Å². The zero-order valence-corrected chi connectivity index (χ0v) is 10.8. The first-order chi connectivity index (χ1) is 7.56. The van der Waals surface area contributed by atoms with Gasteiger partial charge in [0.05, 0.1) is 6.04 Å². The van der Waals surface area contributed by atoms with Gasteiger partial charge in [-0.25, -0.2) is 0 Å². The average Bonchev–Trinajstić information content (AvgIpc) is 2.56. The summed E-state index contributed by atoms with van der Waals surface area (Å²) in [6.45, 7) is 8.82. The van der Waals surface area contributed by atoms with E-state index in [0.717, 1.165) is 23.4 Å². The summed E-state index contributed by atoms with van der Waals surface area (Å²) in [6, 6.07) is 5.14. The van der Waals surface area contributed by atoms with Crippen molar-refractivity contribution in [1.29, 1.82) is 0 Å². The molecular weight excluding hydrogens is 198 g/mol. The molecule has 0 amide bonds. The van der Waals surface area contributed by atoms with Crippen LogP contribution in [0.4, 0.5) is 0 Å². The first-order valence-electron chi connectivity index (χ1n) is 6.38. The lowest BCUT2D eigenvalue weighted by Crippen LogP contribution is -2.43. The molecule has 1 aromatic heterocycles. The van der Waals surface area contributed by atoms with Crippen LogP contribution in [0.25, 0.3) is 0 Å². The second-order valence-corrected chi connectivity index (χ2v) is 5.51. The molecule has 0 saturated heterocycles. The molecule has 16 heavy (non-hydrogen) atoms. The molecule has 1 aliphatic carbocycles. The van der Waals surface area contributed by atoms with Crippen molar-refractivity contribution in [1.82, 2.24) is 5.32 Å². The van der Waals surface area contributed by atoms with E-state index in [1.165, 1.54) is 12.8 Å². The van der Waals surface area contributed by atoms with Gasteiger partial charge < -0.3 is 9.73 Å². The van der Waals surface area contributed by atoms with Gasteiger partial charge in [0, 0.05) is 6.04 Å². The van der Waals surface area contributed by atoms with E-state index in [-0.39, 0.29) is 0 Å². The summed E-state index contributed by atoms with van der Waals surface area (Å²) in [7, 11) is 0. The minimum Gasteiger partial charge on any atom is -0.465 e. The molecule has 1 aliphatic rings. The van der Waals surface area contributed by atoms with Crippen LogP contribution >= 0.6 is 0 Å². The standard InChI is InChI=1S/C14H23NO/c1-9(2)12-7-13(8-12)15-11(4)14-6-5-10(3)16-14/h5-6,9,11-13,15H,7-8H2,1-4H3. The van der Waals surface area contributed by atoms with Crippen LogP contribution in [0.15, 0.2) is 16.5 Å². The fraction of sp³-hybridized carbons (Fsp3) is 0.714. The summed E-state index contributed by atoms with van der Waals surface area (Å²) in [4.78, 5) is 0. The minimum absolute atomic E-state index is 0.340. The molecule has 0 aliphatic heterocycles. The lowest BCUT2D eigenvalue weighted by atomic mass is 9.73. The highest BCUT2D eigenvalue weighted by molar-refractivity contribution is 5.09. The van der Waals surface area contributed by atoms with Crippen LogP contribution in [0, 0.1) is 18.8 Å². The van der Waals surface area contributed by atoms with Crippen LogP contribution in [0.1, 0.15) is 51.2 Å². The van der Waals surface area contributed by atoms with Crippen LogP contribution in [-0.2, 0) is 0 Å². The molecular formula is C14H23NO. The van der Waals surface area contributed by atoms with Gasteiger partial charge in [-0.15, -0.1) is 0 Å². The second kappa shape index (κ2) is 4.62. The highest BCUT2D eigenvalue weighted by Crippen LogP contribution is 2.34. The van der Waals surface area contributed by atoms with Crippen molar-refractivity contribution >= 4 is 0 Å². The zero-order chi connectivity index (χ0) is 11.7. The Bertz CT molecular complexity index is 336. The van der Waals surface area contributed by atoms with E-state index in [1.54, 1.807) is 0 Å². The fourth-order valence-electron chi connectivity index (χ4n) is 2.46. The molecule has 2 nitrogen and oxygen atoms in total. The SMILES string of the molecule is Cc1ccc(C(C)NC2CC(C(C)C)C2)o1. The highest BCUT2D eigenvalue weighted by atomic mass is 16.3. The summed E-state index contributed by atoms with van der Waals surface area (Å²) in [5.41, 5.74) is 0. The van der Waals surface area contributed by atoms with Gasteiger partial charge in [0.2, 0.25) is 0 Å². The van der Waals surface area contributed by atoms with E-state index in [2.05, 4.69) is 32.2 Å². The Hall–Kier alpha value is -0.760. The van der Waals surface area contributed by atoms with E-state index in [1.807, 2.05) is 13.0 Å². The Morgan fingerprint density at radius 3 is 2.44 bits per heavy atom. The molecule has 0 radical (unpaired) electrons. The third-order valence-electron chi connectivity index (χ3n) is 3.79. The fourth-order valence-corrected chi connectivity index (χ4v) is 2.46. The molecule has 1 fully saturated rings. The molecule has 1 atom stereocenters. The Balaban J connectivity index is 1.79. The maximum Gasteiger partial charge on any atom is 0.120 e. The largest absolute Gasteiger partial charge is 0.465 e. The first-order valence-corrected chi connectivity index (χ1v) is 6.38. The van der Waals surface area contributed by atoms with E-state index in [4.69, 9.17) is 4.42 Å². The molecule has 0 aromatic carbocycles. The van der Waals surface area contributed by atoms with Gasteiger partial charge in [-0.05, 0) is 50.7 Å². The molecule has 2 rings (SSSR count). The van der Waals surface area contributed by atoms with Crippen LogP contribution in [-0.4, -0.2) is 6.04 Å². The number of nitrogens with one attached hydrogen (secondary N) is 1. The Morgan fingerprint density at radius 1 is 1.25 bits per heavy atom. The monoisotopic (exact) mass is 221 g/mol. The lowest BCUT2D eigenvalue weighted by molar-refractivity contribution is 0.155. The molecule has 90 valence electrons. The number of rotatable bonds is 4. The van der Waals surface area contributed by atoms with E-state index >= 15 is 0 Å². The maximum atomic E-state index is 5.63. The third kappa shape index (κ3) is 2.49. The van der Waals surface area contributed by atoms with Crippen molar-refractivity contribution in [3.05, 3.63) is 23.7 Å². The molecule has 0 bridgehead atoms. The molecule has 0 spiro atoms. The molecule has 1 saturated carbocycles. The summed E-state index contributed by atoms with van der Waals surface area (Å²) in [5.74, 6) is 3.81. The summed E-state index contributed by atoms with van der Waals surface area (Å²) >= 11 is 0. The Labute approximate surface area is 98.4 Å². The van der Waals surface area contributed by atoms with E-state index < -0.39 is 0 Å². The lowest BCUT2D eigenvalue weighted by Gasteiger charge is -2.39. The number of aryl methyl sites for hydroxylation is 1. The normalized spacial score (nSPS) is 26.8. The number of hydrogen-bond acceptors (Lipinski definition) is 2. The van der Waals surface area contributed by atoms with Gasteiger partial charge >= 0.3 is 0 Å². The minimum atomic E-state index is 0.340. The maximum absolute atomic E-state index is 5.63. The third-order valence-corrected chi connectivity index (χ3v) is 3.79. The van der Waals surface area contributed by atoms with Gasteiger partial charge in [0.1, 0.15) is 11.5 Å². The Kier molecular flexibility index (Phi) is 3.38. The van der Waals surface area contributed by atoms with Gasteiger partial charge in [-0.1, -0.05) is 13.8 Å². The topological polar surface area (TPSA) is 25.2 Å². The van der Waals surface area contributed by atoms with Crippen LogP contribution < -0.4 is 5.32 Å².